The van der Waals surface area contributed by atoms with Crippen molar-refractivity contribution >= 4 is 17.3 Å². The van der Waals surface area contributed by atoms with Crippen LogP contribution in [0.15, 0.2) is 58.8 Å². The molecule has 0 amide bonds. The number of hydrogen-bond acceptors (Lipinski definition) is 7. The highest BCUT2D eigenvalue weighted by molar-refractivity contribution is 6.07. The lowest BCUT2D eigenvalue weighted by Gasteiger charge is -2.29. The molecule has 3 heterocycles. The number of piperazine rings is 1. The molecule has 0 radical (unpaired) electrons. The third kappa shape index (κ3) is 4.45. The van der Waals surface area contributed by atoms with Crippen molar-refractivity contribution in [2.24, 2.45) is 10.7 Å². The molecule has 2 aliphatic heterocycles. The van der Waals surface area contributed by atoms with Crippen LogP contribution in [0.3, 0.4) is 0 Å². The van der Waals surface area contributed by atoms with E-state index in [1.807, 2.05) is 19.2 Å². The summed E-state index contributed by atoms with van der Waals surface area (Å²) in [5.74, 6) is 1.95. The summed E-state index contributed by atoms with van der Waals surface area (Å²) in [6.45, 7) is 10.0. The summed E-state index contributed by atoms with van der Waals surface area (Å²) < 4.78 is 0. The highest BCUT2D eigenvalue weighted by atomic mass is 16.3. The zero-order chi connectivity index (χ0) is 21.8. The van der Waals surface area contributed by atoms with Gasteiger partial charge >= 0.3 is 0 Å². The topological polar surface area (TPSA) is 102 Å². The minimum Gasteiger partial charge on any atom is -0.404 e. The van der Waals surface area contributed by atoms with Crippen LogP contribution in [0.1, 0.15) is 32.6 Å². The Morgan fingerprint density at radius 1 is 1.35 bits per heavy atom. The van der Waals surface area contributed by atoms with Gasteiger partial charge in [0.05, 0.1) is 18.5 Å². The molecule has 1 saturated carbocycles. The fraction of sp³-hybridized carbons (Fsp3) is 0.478. The van der Waals surface area contributed by atoms with E-state index in [2.05, 4.69) is 38.1 Å². The van der Waals surface area contributed by atoms with Crippen molar-refractivity contribution in [2.45, 2.75) is 38.6 Å². The van der Waals surface area contributed by atoms with Crippen molar-refractivity contribution in [1.29, 1.82) is 0 Å². The molecule has 0 spiro atoms. The largest absolute Gasteiger partial charge is 0.404 e. The molecule has 2 fully saturated rings. The van der Waals surface area contributed by atoms with Gasteiger partial charge < -0.3 is 31.3 Å². The maximum Gasteiger partial charge on any atom is 0.144 e. The molecular formula is C23H33N7O. The van der Waals surface area contributed by atoms with E-state index >= 15 is 0 Å². The second-order valence-corrected chi connectivity index (χ2v) is 8.26. The number of nitrogens with zero attached hydrogens (tertiary/aromatic N) is 4. The van der Waals surface area contributed by atoms with Crippen molar-refractivity contribution in [2.75, 3.05) is 43.0 Å². The van der Waals surface area contributed by atoms with E-state index < -0.39 is 0 Å². The quantitative estimate of drug-likeness (QED) is 0.556. The monoisotopic (exact) mass is 423 g/mol. The normalized spacial score (nSPS) is 22.8. The number of aromatic nitrogens is 1. The summed E-state index contributed by atoms with van der Waals surface area (Å²) in [5.41, 5.74) is 9.77. The van der Waals surface area contributed by atoms with Gasteiger partial charge in [-0.1, -0.05) is 19.4 Å². The van der Waals surface area contributed by atoms with Crippen LogP contribution in [0.25, 0.3) is 0 Å². The van der Waals surface area contributed by atoms with Crippen LogP contribution >= 0.6 is 0 Å². The first-order valence-electron chi connectivity index (χ1n) is 11.1. The van der Waals surface area contributed by atoms with E-state index in [9.17, 15) is 5.11 Å². The van der Waals surface area contributed by atoms with Crippen molar-refractivity contribution < 1.29 is 5.11 Å². The smallest absolute Gasteiger partial charge is 0.144 e. The lowest BCUT2D eigenvalue weighted by Crippen LogP contribution is -2.43. The zero-order valence-corrected chi connectivity index (χ0v) is 18.3. The Balaban J connectivity index is 1.51. The van der Waals surface area contributed by atoms with Crippen molar-refractivity contribution in [3.05, 3.63) is 53.8 Å². The molecule has 1 aromatic rings. The Morgan fingerprint density at radius 2 is 2.10 bits per heavy atom. The molecule has 0 atom stereocenters. The third-order valence-corrected chi connectivity index (χ3v) is 6.35. The van der Waals surface area contributed by atoms with Crippen molar-refractivity contribution in [3.63, 3.8) is 0 Å². The predicted molar refractivity (Wildman–Crippen MR) is 126 cm³/mol. The SMILES string of the molecule is C=C(/N=C1\C(=C/N)C(C)=C(CO)N1C1CCCC1)Nc1ccc(N2CCNCC2)cn1. The number of hydrogen-bond donors (Lipinski definition) is 4. The summed E-state index contributed by atoms with van der Waals surface area (Å²) in [4.78, 5) is 13.8. The maximum atomic E-state index is 10.0. The summed E-state index contributed by atoms with van der Waals surface area (Å²) >= 11 is 0. The minimum atomic E-state index is -0.0341. The van der Waals surface area contributed by atoms with Gasteiger partial charge in [-0.05, 0) is 37.5 Å². The molecule has 8 nitrogen and oxygen atoms in total. The van der Waals surface area contributed by atoms with Crippen molar-refractivity contribution in [1.82, 2.24) is 15.2 Å². The molecular weight excluding hydrogens is 390 g/mol. The third-order valence-electron chi connectivity index (χ3n) is 6.35. The van der Waals surface area contributed by atoms with E-state index in [-0.39, 0.29) is 6.61 Å². The highest BCUT2D eigenvalue weighted by Crippen LogP contribution is 2.36. The molecule has 1 aliphatic carbocycles. The van der Waals surface area contributed by atoms with Gasteiger partial charge in [0, 0.05) is 49.7 Å². The van der Waals surface area contributed by atoms with E-state index in [0.29, 0.717) is 17.7 Å². The lowest BCUT2D eigenvalue weighted by atomic mass is 10.1. The number of aliphatic hydroxyl groups excluding tert-OH is 1. The number of aliphatic imine (C=N–C) groups is 1. The summed E-state index contributed by atoms with van der Waals surface area (Å²) in [7, 11) is 0. The Morgan fingerprint density at radius 3 is 2.71 bits per heavy atom. The number of rotatable bonds is 6. The molecule has 0 unspecified atom stereocenters. The number of nitrogens with one attached hydrogen (secondary N) is 2. The highest BCUT2D eigenvalue weighted by Gasteiger charge is 2.36. The van der Waals surface area contributed by atoms with E-state index in [0.717, 1.165) is 67.4 Å². The first-order valence-corrected chi connectivity index (χ1v) is 11.1. The van der Waals surface area contributed by atoms with E-state index in [1.165, 1.54) is 12.8 Å². The molecule has 0 bridgehead atoms. The molecule has 3 aliphatic rings. The van der Waals surface area contributed by atoms with Crippen LogP contribution in [-0.2, 0) is 0 Å². The lowest BCUT2D eigenvalue weighted by molar-refractivity contribution is 0.272. The predicted octanol–water partition coefficient (Wildman–Crippen LogP) is 2.14. The van der Waals surface area contributed by atoms with Gasteiger partial charge in [0.2, 0.25) is 0 Å². The van der Waals surface area contributed by atoms with E-state index in [1.54, 1.807) is 6.20 Å². The van der Waals surface area contributed by atoms with Crippen LogP contribution in [-0.4, -0.2) is 59.7 Å². The van der Waals surface area contributed by atoms with Gasteiger partial charge in [0.1, 0.15) is 17.5 Å². The van der Waals surface area contributed by atoms with Crippen LogP contribution in [0.4, 0.5) is 11.5 Å². The molecule has 8 heteroatoms. The Bertz CT molecular complexity index is 891. The maximum absolute atomic E-state index is 10.0. The second kappa shape index (κ2) is 9.53. The summed E-state index contributed by atoms with van der Waals surface area (Å²) in [6, 6.07) is 4.36. The van der Waals surface area contributed by atoms with Crippen LogP contribution < -0.4 is 21.3 Å². The molecule has 1 aromatic heterocycles. The van der Waals surface area contributed by atoms with E-state index in [4.69, 9.17) is 10.7 Å². The van der Waals surface area contributed by atoms with Gasteiger partial charge in [-0.15, -0.1) is 0 Å². The fourth-order valence-corrected chi connectivity index (χ4v) is 4.70. The Labute approximate surface area is 184 Å². The molecule has 166 valence electrons. The number of anilines is 2. The van der Waals surface area contributed by atoms with Gasteiger partial charge in [-0.3, -0.25) is 0 Å². The molecule has 4 rings (SSSR count). The van der Waals surface area contributed by atoms with Gasteiger partial charge in [-0.25, -0.2) is 9.98 Å². The number of aliphatic hydroxyl groups is 1. The molecule has 0 aromatic carbocycles. The Kier molecular flexibility index (Phi) is 6.58. The van der Waals surface area contributed by atoms with Crippen molar-refractivity contribution in [3.8, 4) is 0 Å². The second-order valence-electron chi connectivity index (χ2n) is 8.26. The average molecular weight is 424 g/mol. The molecule has 31 heavy (non-hydrogen) atoms. The fourth-order valence-electron chi connectivity index (χ4n) is 4.70. The zero-order valence-electron chi connectivity index (χ0n) is 18.3. The number of amidine groups is 1. The van der Waals surface area contributed by atoms with Gasteiger partial charge in [0.15, 0.2) is 0 Å². The van der Waals surface area contributed by atoms with Gasteiger partial charge in [0.25, 0.3) is 0 Å². The summed E-state index contributed by atoms with van der Waals surface area (Å²) in [5, 5.41) is 16.6. The standard InChI is InChI=1S/C23H33N7O/c1-16-20(13-24)23(30(21(16)15-31)18-5-3-4-6-18)28-17(2)27-22-8-7-19(14-26-22)29-11-9-25-10-12-29/h7-8,13-14,18,25,31H,2-6,9-12,15,24H2,1H3,(H,26,27)/b20-13-,28-23+. The summed E-state index contributed by atoms with van der Waals surface area (Å²) in [6.07, 6.45) is 8.01. The molecule has 5 N–H and O–H groups in total. The van der Waals surface area contributed by atoms with Crippen LogP contribution in [0.5, 0.6) is 0 Å². The first-order chi connectivity index (χ1) is 15.1. The Hall–Kier alpha value is -2.84. The average Bonchev–Trinajstić information content (AvgIpc) is 3.40. The molecule has 1 saturated heterocycles. The van der Waals surface area contributed by atoms with Gasteiger partial charge in [-0.2, -0.15) is 0 Å². The van der Waals surface area contributed by atoms with Crippen LogP contribution in [0.2, 0.25) is 0 Å². The first kappa shape index (κ1) is 21.4. The van der Waals surface area contributed by atoms with Crippen LogP contribution in [0, 0.1) is 0 Å². The number of pyridine rings is 1. The minimum absolute atomic E-state index is 0.0341. The number of nitrogens with two attached hydrogens (primary N) is 1.